The van der Waals surface area contributed by atoms with Crippen LogP contribution in [-0.2, 0) is 12.4 Å². The lowest BCUT2D eigenvalue weighted by molar-refractivity contribution is -0.138. The Morgan fingerprint density at radius 1 is 0.462 bits per heavy atom. The fourth-order valence-electron chi connectivity index (χ4n) is 6.70. The van der Waals surface area contributed by atoms with Gasteiger partial charge in [-0.1, -0.05) is 24.3 Å². The highest BCUT2D eigenvalue weighted by Crippen LogP contribution is 2.54. The molecule has 5 aromatic carbocycles. The van der Waals surface area contributed by atoms with E-state index in [0.717, 1.165) is 24.3 Å². The molecule has 0 aromatic heterocycles. The Hall–Kier alpha value is -7.02. The molecule has 250 valence electrons. The quantitative estimate of drug-likeness (QED) is 0.102. The van der Waals surface area contributed by atoms with Gasteiger partial charge in [0, 0.05) is 11.1 Å². The third kappa shape index (κ3) is 5.35. The zero-order valence-corrected chi connectivity index (χ0v) is 25.9. The van der Waals surface area contributed by atoms with E-state index in [1.54, 1.807) is 24.3 Å². The van der Waals surface area contributed by atoms with Crippen LogP contribution >= 0.6 is 0 Å². The molecule has 12 heteroatoms. The van der Waals surface area contributed by atoms with Crippen molar-refractivity contribution in [2.75, 3.05) is 0 Å². The van der Waals surface area contributed by atoms with Gasteiger partial charge >= 0.3 is 12.4 Å². The van der Waals surface area contributed by atoms with Crippen LogP contribution < -0.4 is 0 Å². The highest BCUT2D eigenvalue weighted by molar-refractivity contribution is 6.11. The molecule has 0 fully saturated rings. The molecular formula is C40H14F8N4. The Bertz CT molecular complexity index is 2450. The first kappa shape index (κ1) is 33.5. The van der Waals surface area contributed by atoms with Crippen molar-refractivity contribution in [1.29, 1.82) is 10.5 Å². The van der Waals surface area contributed by atoms with Gasteiger partial charge in [0.1, 0.15) is 11.6 Å². The summed E-state index contributed by atoms with van der Waals surface area (Å²) < 4.78 is 110. The van der Waals surface area contributed by atoms with Crippen LogP contribution in [0.3, 0.4) is 0 Å². The van der Waals surface area contributed by atoms with E-state index in [2.05, 4.69) is 9.69 Å². The lowest BCUT2D eigenvalue weighted by atomic mass is 9.95. The summed E-state index contributed by atoms with van der Waals surface area (Å²) in [7, 11) is 0. The third-order valence-corrected chi connectivity index (χ3v) is 8.88. The molecule has 7 rings (SSSR count). The molecule has 0 spiro atoms. The van der Waals surface area contributed by atoms with Crippen molar-refractivity contribution >= 4 is 11.1 Å². The fraction of sp³-hybridized carbons (Fsp3) is 0.0500. The van der Waals surface area contributed by atoms with Crippen LogP contribution in [0.25, 0.3) is 65.3 Å². The summed E-state index contributed by atoms with van der Waals surface area (Å²) in [5, 5.41) is 19.9. The summed E-state index contributed by atoms with van der Waals surface area (Å²) in [6, 6.07) is 20.1. The number of nitriles is 2. The van der Waals surface area contributed by atoms with Gasteiger partial charge in [-0.15, -0.1) is 0 Å². The number of hydrogen-bond donors (Lipinski definition) is 0. The molecule has 0 aliphatic heterocycles. The summed E-state index contributed by atoms with van der Waals surface area (Å²) in [5.74, 6) is -2.24. The van der Waals surface area contributed by atoms with Gasteiger partial charge in [0.15, 0.2) is 0 Å². The standard InChI is InChI=1S/C40H14F8N4/c1-51-35(17-49)37-31-11-19(21-7-23(39(43,44)45)13-25(41)9-21)3-5-27(31)29-16-34-30(15-33(29)37)28-6-4-20(12-32(28)38(34)36(18-50)52-2)22-8-24(40(46,47)48)14-26(42)10-22/h3-16H. The molecule has 0 amide bonds. The van der Waals surface area contributed by atoms with Crippen LogP contribution in [0.2, 0.25) is 0 Å². The van der Waals surface area contributed by atoms with E-state index < -0.39 is 35.1 Å². The van der Waals surface area contributed by atoms with Gasteiger partial charge in [-0.05, 0) is 127 Å². The normalized spacial score (nSPS) is 14.5. The minimum absolute atomic E-state index is 0.0967. The molecule has 2 aliphatic rings. The van der Waals surface area contributed by atoms with Crippen LogP contribution in [0.15, 0.2) is 96.3 Å². The maximum absolute atomic E-state index is 14.4. The topological polar surface area (TPSA) is 56.3 Å². The van der Waals surface area contributed by atoms with Crippen molar-refractivity contribution in [3.63, 3.8) is 0 Å². The van der Waals surface area contributed by atoms with Crippen molar-refractivity contribution in [3.05, 3.63) is 164 Å². The van der Waals surface area contributed by atoms with Crippen molar-refractivity contribution in [2.45, 2.75) is 12.4 Å². The molecule has 0 bridgehead atoms. The molecule has 0 saturated carbocycles. The predicted octanol–water partition coefficient (Wildman–Crippen LogP) is 11.7. The number of alkyl halides is 6. The molecule has 4 nitrogen and oxygen atoms in total. The molecule has 52 heavy (non-hydrogen) atoms. The molecule has 0 radical (unpaired) electrons. The maximum Gasteiger partial charge on any atom is 0.416 e. The van der Waals surface area contributed by atoms with E-state index in [1.807, 2.05) is 12.1 Å². The van der Waals surface area contributed by atoms with E-state index >= 15 is 0 Å². The number of fused-ring (bicyclic) bond motifs is 6. The van der Waals surface area contributed by atoms with E-state index in [4.69, 9.17) is 13.1 Å². The molecular weight excluding hydrogens is 688 g/mol. The minimum atomic E-state index is -4.83. The Morgan fingerprint density at radius 3 is 1.15 bits per heavy atom. The summed E-state index contributed by atoms with van der Waals surface area (Å²) in [5.41, 5.74) is 0.553. The molecule has 0 atom stereocenters. The fourth-order valence-corrected chi connectivity index (χ4v) is 6.70. The van der Waals surface area contributed by atoms with Crippen LogP contribution in [0.4, 0.5) is 35.1 Å². The van der Waals surface area contributed by atoms with Crippen LogP contribution in [0.1, 0.15) is 33.4 Å². The van der Waals surface area contributed by atoms with Gasteiger partial charge in [-0.25, -0.2) is 29.0 Å². The largest absolute Gasteiger partial charge is 0.416 e. The van der Waals surface area contributed by atoms with Crippen LogP contribution in [0.5, 0.6) is 0 Å². The Balaban J connectivity index is 1.45. The first-order valence-electron chi connectivity index (χ1n) is 14.9. The predicted molar refractivity (Wildman–Crippen MR) is 175 cm³/mol. The van der Waals surface area contributed by atoms with E-state index in [9.17, 15) is 45.6 Å². The average molecular weight is 703 g/mol. The Morgan fingerprint density at radius 2 is 0.827 bits per heavy atom. The minimum Gasteiger partial charge on any atom is -0.226 e. The number of rotatable bonds is 2. The second kappa shape index (κ2) is 11.8. The molecule has 5 aromatic rings. The van der Waals surface area contributed by atoms with Gasteiger partial charge in [-0.3, -0.25) is 0 Å². The molecule has 0 saturated heterocycles. The smallest absolute Gasteiger partial charge is 0.226 e. The monoisotopic (exact) mass is 702 g/mol. The molecule has 2 aliphatic carbocycles. The number of halogens is 8. The second-order valence-corrected chi connectivity index (χ2v) is 11.8. The molecule has 0 unspecified atom stereocenters. The van der Waals surface area contributed by atoms with Crippen molar-refractivity contribution in [2.24, 2.45) is 0 Å². The average Bonchev–Trinajstić information content (AvgIpc) is 3.58. The van der Waals surface area contributed by atoms with Gasteiger partial charge in [0.05, 0.1) is 36.4 Å². The Labute approximate surface area is 289 Å². The summed E-state index contributed by atoms with van der Waals surface area (Å²) in [4.78, 5) is 6.78. The van der Waals surface area contributed by atoms with Crippen molar-refractivity contribution in [3.8, 4) is 56.6 Å². The number of hydrogen-bond acceptors (Lipinski definition) is 2. The number of allylic oxidation sites excluding steroid dienone is 2. The van der Waals surface area contributed by atoms with Gasteiger partial charge in [0.25, 0.3) is 11.4 Å². The Kier molecular flexibility index (Phi) is 7.60. The lowest BCUT2D eigenvalue weighted by Gasteiger charge is -2.12. The second-order valence-electron chi connectivity index (χ2n) is 11.8. The number of nitrogens with zero attached hydrogens (tertiary/aromatic N) is 4. The summed E-state index contributed by atoms with van der Waals surface area (Å²) in [6.45, 7) is 15.5. The van der Waals surface area contributed by atoms with E-state index in [-0.39, 0.29) is 44.8 Å². The lowest BCUT2D eigenvalue weighted by Crippen LogP contribution is -2.05. The third-order valence-electron chi connectivity index (χ3n) is 8.88. The maximum atomic E-state index is 14.4. The zero-order chi connectivity index (χ0) is 37.3. The van der Waals surface area contributed by atoms with Gasteiger partial charge in [0.2, 0.25) is 0 Å². The molecule has 0 heterocycles. The van der Waals surface area contributed by atoms with Crippen molar-refractivity contribution in [1.82, 2.24) is 0 Å². The van der Waals surface area contributed by atoms with E-state index in [0.29, 0.717) is 56.6 Å². The number of benzene rings is 5. The van der Waals surface area contributed by atoms with Crippen molar-refractivity contribution < 1.29 is 35.1 Å². The summed E-state index contributed by atoms with van der Waals surface area (Å²) >= 11 is 0. The first-order chi connectivity index (χ1) is 24.7. The highest BCUT2D eigenvalue weighted by Gasteiger charge is 2.36. The SMILES string of the molecule is [C-]#[N+]C(C#N)=C1c2cc(-c3cc(F)cc(C(F)(F)F)c3)ccc2-c2cc3c(cc21)-c1ccc(-c2cc(F)cc(C(F)(F)F)c2)cc1C3=C(C#N)[N+]#[C-]. The van der Waals surface area contributed by atoms with Gasteiger partial charge < -0.3 is 0 Å². The first-order valence-corrected chi connectivity index (χ1v) is 14.9. The van der Waals surface area contributed by atoms with E-state index in [1.165, 1.54) is 24.3 Å². The highest BCUT2D eigenvalue weighted by atomic mass is 19.4. The van der Waals surface area contributed by atoms with Gasteiger partial charge in [-0.2, -0.15) is 26.3 Å². The zero-order valence-electron chi connectivity index (χ0n) is 25.9. The van der Waals surface area contributed by atoms with Crippen LogP contribution in [0, 0.1) is 47.4 Å². The van der Waals surface area contributed by atoms with Crippen LogP contribution in [-0.4, -0.2) is 0 Å². The molecule has 0 N–H and O–H groups in total. The summed E-state index contributed by atoms with van der Waals surface area (Å²) in [6.07, 6.45) is -9.65.